The van der Waals surface area contributed by atoms with E-state index < -0.39 is 27.8 Å². The largest absolute Gasteiger partial charge is 0.473 e. The fraction of sp³-hybridized carbons (Fsp3) is 0.500. The summed E-state index contributed by atoms with van der Waals surface area (Å²) in [5.41, 5.74) is -2.45. The van der Waals surface area contributed by atoms with Gasteiger partial charge in [-0.25, -0.2) is 0 Å². The molecule has 0 N–H and O–H groups in total. The number of amidine groups is 1. The van der Waals surface area contributed by atoms with Crippen molar-refractivity contribution in [2.24, 2.45) is 15.4 Å². The van der Waals surface area contributed by atoms with Gasteiger partial charge in [-0.05, 0) is 4.92 Å². The molecule has 0 aliphatic carbocycles. The van der Waals surface area contributed by atoms with E-state index in [0.29, 0.717) is 0 Å². The standard InChI is InChI=1S/C4H2N6O4/c5-2-1-4(10(13)14)3(9(11)12)6-8-7-4/h1H2. The van der Waals surface area contributed by atoms with Crippen LogP contribution in [-0.4, -0.2) is 21.3 Å². The zero-order chi connectivity index (χ0) is 10.8. The Labute approximate surface area is 75.8 Å². The molecule has 1 aliphatic heterocycles. The lowest BCUT2D eigenvalue weighted by atomic mass is 10.1. The molecule has 1 rings (SSSR count). The highest BCUT2D eigenvalue weighted by Gasteiger charge is 2.61. The summed E-state index contributed by atoms with van der Waals surface area (Å²) < 4.78 is 0. The van der Waals surface area contributed by atoms with Gasteiger partial charge in [0.1, 0.15) is 11.5 Å². The van der Waals surface area contributed by atoms with Crippen molar-refractivity contribution in [3.05, 3.63) is 20.2 Å². The maximum atomic E-state index is 10.5. The van der Waals surface area contributed by atoms with Crippen molar-refractivity contribution < 1.29 is 9.85 Å². The first-order chi connectivity index (χ1) is 6.54. The highest BCUT2D eigenvalue weighted by Crippen LogP contribution is 2.24. The number of nitriles is 1. The molecule has 1 atom stereocenters. The quantitative estimate of drug-likeness (QED) is 0.449. The van der Waals surface area contributed by atoms with Gasteiger partial charge in [-0.15, -0.1) is 0 Å². The molecule has 0 saturated heterocycles. The van der Waals surface area contributed by atoms with E-state index in [0.717, 1.165) is 0 Å². The monoisotopic (exact) mass is 198 g/mol. The normalized spacial score (nSPS) is 24.1. The van der Waals surface area contributed by atoms with Gasteiger partial charge in [0.15, 0.2) is 0 Å². The Hall–Kier alpha value is -2.44. The van der Waals surface area contributed by atoms with E-state index in [4.69, 9.17) is 5.26 Å². The molecule has 1 aliphatic rings. The first kappa shape index (κ1) is 9.65. The molecule has 72 valence electrons. The Bertz CT molecular complexity index is 393. The molecular formula is C4H2N6O4. The third-order valence-electron chi connectivity index (χ3n) is 1.51. The molecule has 0 amide bonds. The van der Waals surface area contributed by atoms with Crippen LogP contribution in [0.3, 0.4) is 0 Å². The van der Waals surface area contributed by atoms with E-state index in [1.807, 2.05) is 0 Å². The van der Waals surface area contributed by atoms with Crippen LogP contribution in [0.25, 0.3) is 0 Å². The lowest BCUT2D eigenvalue weighted by Gasteiger charge is -2.07. The van der Waals surface area contributed by atoms with Gasteiger partial charge in [0.25, 0.3) is 0 Å². The number of nitro groups is 2. The third-order valence-corrected chi connectivity index (χ3v) is 1.51. The van der Waals surface area contributed by atoms with Crippen molar-refractivity contribution >= 4 is 5.84 Å². The van der Waals surface area contributed by atoms with Crippen LogP contribution in [0.4, 0.5) is 0 Å². The van der Waals surface area contributed by atoms with E-state index in [2.05, 4.69) is 15.4 Å². The average molecular weight is 198 g/mol. The van der Waals surface area contributed by atoms with Crippen LogP contribution in [0.2, 0.25) is 0 Å². The smallest absolute Gasteiger partial charge is 0.358 e. The summed E-state index contributed by atoms with van der Waals surface area (Å²) in [6.07, 6.45) is -0.774. The minimum Gasteiger partial charge on any atom is -0.358 e. The molecule has 0 aromatic heterocycles. The van der Waals surface area contributed by atoms with Gasteiger partial charge in [0.05, 0.1) is 16.2 Å². The second kappa shape index (κ2) is 3.13. The van der Waals surface area contributed by atoms with Gasteiger partial charge in [-0.1, -0.05) is 5.11 Å². The second-order valence-electron chi connectivity index (χ2n) is 2.28. The average Bonchev–Trinajstić information content (AvgIpc) is 2.50. The van der Waals surface area contributed by atoms with Crippen LogP contribution < -0.4 is 0 Å². The van der Waals surface area contributed by atoms with Crippen LogP contribution in [0.15, 0.2) is 15.4 Å². The summed E-state index contributed by atoms with van der Waals surface area (Å²) in [6.45, 7) is 0. The zero-order valence-electron chi connectivity index (χ0n) is 6.52. The van der Waals surface area contributed by atoms with Crippen molar-refractivity contribution in [1.29, 1.82) is 5.26 Å². The highest BCUT2D eigenvalue weighted by molar-refractivity contribution is 5.83. The van der Waals surface area contributed by atoms with Crippen LogP contribution in [0.1, 0.15) is 6.42 Å². The predicted octanol–water partition coefficient (Wildman–Crippen LogP) is -0.0709. The Morgan fingerprint density at radius 2 is 2.14 bits per heavy atom. The van der Waals surface area contributed by atoms with Crippen LogP contribution in [-0.2, 0) is 0 Å². The van der Waals surface area contributed by atoms with Crippen LogP contribution in [0.5, 0.6) is 0 Å². The van der Waals surface area contributed by atoms with Crippen molar-refractivity contribution in [3.8, 4) is 6.07 Å². The van der Waals surface area contributed by atoms with E-state index in [1.165, 1.54) is 6.07 Å². The summed E-state index contributed by atoms with van der Waals surface area (Å²) in [4.78, 5) is 18.8. The van der Waals surface area contributed by atoms with E-state index >= 15 is 0 Å². The van der Waals surface area contributed by atoms with Crippen LogP contribution >= 0.6 is 0 Å². The Morgan fingerprint density at radius 3 is 2.57 bits per heavy atom. The van der Waals surface area contributed by atoms with Gasteiger partial charge in [-0.2, -0.15) is 5.26 Å². The Balaban J connectivity index is 3.19. The van der Waals surface area contributed by atoms with E-state index in [9.17, 15) is 20.2 Å². The maximum Gasteiger partial charge on any atom is 0.473 e. The SMILES string of the molecule is N#CCC1([N+](=O)[O-])N=NN=C1[N+](=O)[O-]. The summed E-state index contributed by atoms with van der Waals surface area (Å²) in [5.74, 6) is -1.04. The van der Waals surface area contributed by atoms with Crippen molar-refractivity contribution in [3.63, 3.8) is 0 Å². The number of rotatable bonds is 2. The first-order valence-corrected chi connectivity index (χ1v) is 3.21. The fourth-order valence-electron chi connectivity index (χ4n) is 0.854. The topological polar surface area (TPSA) is 147 Å². The third kappa shape index (κ3) is 1.16. The highest BCUT2D eigenvalue weighted by atomic mass is 16.7. The molecule has 0 aromatic rings. The number of hydrogen-bond acceptors (Lipinski definition) is 8. The molecule has 0 spiro atoms. The molecule has 14 heavy (non-hydrogen) atoms. The zero-order valence-corrected chi connectivity index (χ0v) is 6.52. The molecule has 0 bridgehead atoms. The molecule has 0 radical (unpaired) electrons. The molecule has 1 heterocycles. The lowest BCUT2D eigenvalue weighted by molar-refractivity contribution is -0.561. The fourth-order valence-corrected chi connectivity index (χ4v) is 0.854. The van der Waals surface area contributed by atoms with Crippen molar-refractivity contribution in [1.82, 2.24) is 0 Å². The maximum absolute atomic E-state index is 10.5. The van der Waals surface area contributed by atoms with Gasteiger partial charge in [0.2, 0.25) is 0 Å². The van der Waals surface area contributed by atoms with Crippen molar-refractivity contribution in [2.45, 2.75) is 12.1 Å². The van der Waals surface area contributed by atoms with Gasteiger partial charge in [0, 0.05) is 0 Å². The lowest BCUT2D eigenvalue weighted by Crippen LogP contribution is -2.46. The summed E-state index contributed by atoms with van der Waals surface area (Å²) in [5, 5.41) is 38.0. The molecule has 0 saturated carbocycles. The number of nitrogens with zero attached hydrogens (tertiary/aromatic N) is 6. The van der Waals surface area contributed by atoms with Crippen molar-refractivity contribution in [2.75, 3.05) is 0 Å². The molecule has 0 fully saturated rings. The molecule has 10 heteroatoms. The minimum atomic E-state index is -2.45. The molecule has 10 nitrogen and oxygen atoms in total. The van der Waals surface area contributed by atoms with Gasteiger partial charge < -0.3 is 10.1 Å². The molecular weight excluding hydrogens is 196 g/mol. The molecule has 1 unspecified atom stereocenters. The van der Waals surface area contributed by atoms with E-state index in [-0.39, 0.29) is 0 Å². The predicted molar refractivity (Wildman–Crippen MR) is 39.2 cm³/mol. The molecule has 0 aromatic carbocycles. The summed E-state index contributed by atoms with van der Waals surface area (Å²) >= 11 is 0. The number of hydrogen-bond donors (Lipinski definition) is 0. The van der Waals surface area contributed by atoms with Crippen LogP contribution in [0, 0.1) is 31.6 Å². The summed E-state index contributed by atoms with van der Waals surface area (Å²) in [6, 6.07) is 1.44. The van der Waals surface area contributed by atoms with E-state index in [1.54, 1.807) is 0 Å². The Morgan fingerprint density at radius 1 is 1.50 bits per heavy atom. The minimum absolute atomic E-state index is 0.774. The summed E-state index contributed by atoms with van der Waals surface area (Å²) in [7, 11) is 0. The van der Waals surface area contributed by atoms with Gasteiger partial charge in [-0.3, -0.25) is 10.1 Å². The second-order valence-corrected chi connectivity index (χ2v) is 2.28. The van der Waals surface area contributed by atoms with Gasteiger partial charge >= 0.3 is 11.5 Å². The first-order valence-electron chi connectivity index (χ1n) is 3.21. The Kier molecular flexibility index (Phi) is 2.16.